The van der Waals surface area contributed by atoms with Gasteiger partial charge in [0.15, 0.2) is 6.10 Å². The van der Waals surface area contributed by atoms with Crippen LogP contribution in [0.5, 0.6) is 0 Å². The maximum atomic E-state index is 12.5. The van der Waals surface area contributed by atoms with Gasteiger partial charge in [-0.2, -0.15) is 13.2 Å². The van der Waals surface area contributed by atoms with Gasteiger partial charge in [0.05, 0.1) is 6.61 Å². The molecule has 0 heterocycles. The second-order valence-electron chi connectivity index (χ2n) is 3.71. The van der Waals surface area contributed by atoms with Crippen LogP contribution in [0.25, 0.3) is 0 Å². The molecule has 5 heteroatoms. The Morgan fingerprint density at radius 2 is 1.82 bits per heavy atom. The third-order valence-corrected chi connectivity index (χ3v) is 2.35. The predicted molar refractivity (Wildman–Crippen MR) is 59.6 cm³/mol. The van der Waals surface area contributed by atoms with E-state index in [1.807, 2.05) is 30.3 Å². The van der Waals surface area contributed by atoms with Gasteiger partial charge in [-0.25, -0.2) is 0 Å². The van der Waals surface area contributed by atoms with Crippen LogP contribution in [0, 0.1) is 0 Å². The highest BCUT2D eigenvalue weighted by Crippen LogP contribution is 2.25. The van der Waals surface area contributed by atoms with E-state index >= 15 is 0 Å². The minimum Gasteiger partial charge on any atom is -0.368 e. The van der Waals surface area contributed by atoms with Gasteiger partial charge in [0.25, 0.3) is 0 Å². The van der Waals surface area contributed by atoms with E-state index in [4.69, 9.17) is 10.5 Å². The molecule has 1 rings (SSSR count). The molecule has 96 valence electrons. The fourth-order valence-electron chi connectivity index (χ4n) is 1.46. The molecule has 0 aliphatic heterocycles. The van der Waals surface area contributed by atoms with Gasteiger partial charge >= 0.3 is 6.18 Å². The number of benzene rings is 1. The van der Waals surface area contributed by atoms with Crippen molar-refractivity contribution >= 4 is 0 Å². The molecular formula is C12H16F3NO. The molecule has 0 amide bonds. The molecule has 0 aliphatic rings. The average molecular weight is 247 g/mol. The van der Waals surface area contributed by atoms with Gasteiger partial charge in [-0.05, 0) is 24.9 Å². The fourth-order valence-corrected chi connectivity index (χ4v) is 1.46. The number of rotatable bonds is 6. The molecule has 2 N–H and O–H groups in total. The molecule has 1 aromatic rings. The van der Waals surface area contributed by atoms with Crippen molar-refractivity contribution in [1.29, 1.82) is 0 Å². The largest absolute Gasteiger partial charge is 0.414 e. The lowest BCUT2D eigenvalue weighted by Gasteiger charge is -2.20. The summed E-state index contributed by atoms with van der Waals surface area (Å²) in [5.41, 5.74) is 6.09. The average Bonchev–Trinajstić information content (AvgIpc) is 2.28. The van der Waals surface area contributed by atoms with E-state index in [1.54, 1.807) is 0 Å². The summed E-state index contributed by atoms with van der Waals surface area (Å²) in [7, 11) is 0. The minimum absolute atomic E-state index is 0.0322. The van der Waals surface area contributed by atoms with Crippen LogP contribution in [0.15, 0.2) is 30.3 Å². The summed E-state index contributed by atoms with van der Waals surface area (Å²) >= 11 is 0. The summed E-state index contributed by atoms with van der Waals surface area (Å²) in [5.74, 6) is 0. The Morgan fingerprint density at radius 1 is 1.18 bits per heavy atom. The highest BCUT2D eigenvalue weighted by atomic mass is 19.4. The van der Waals surface area contributed by atoms with Crippen molar-refractivity contribution in [1.82, 2.24) is 0 Å². The molecule has 17 heavy (non-hydrogen) atoms. The highest BCUT2D eigenvalue weighted by Gasteiger charge is 2.39. The monoisotopic (exact) mass is 247 g/mol. The second kappa shape index (κ2) is 6.61. The van der Waals surface area contributed by atoms with Crippen molar-refractivity contribution in [3.8, 4) is 0 Å². The number of hydrogen-bond donors (Lipinski definition) is 1. The summed E-state index contributed by atoms with van der Waals surface area (Å²) in [6.07, 6.45) is -5.82. The summed E-state index contributed by atoms with van der Waals surface area (Å²) < 4.78 is 42.2. The summed E-state index contributed by atoms with van der Waals surface area (Å²) in [6, 6.07) is 9.26. The number of ether oxygens (including phenoxy) is 1. The normalized spacial score (nSPS) is 13.6. The van der Waals surface area contributed by atoms with Crippen LogP contribution in [0.3, 0.4) is 0 Å². The van der Waals surface area contributed by atoms with Crippen LogP contribution in [0.1, 0.15) is 12.0 Å². The SMILES string of the molecule is NCCC(OCCc1ccccc1)C(F)(F)F. The van der Waals surface area contributed by atoms with Crippen LogP contribution in [-0.2, 0) is 11.2 Å². The quantitative estimate of drug-likeness (QED) is 0.838. The van der Waals surface area contributed by atoms with E-state index in [9.17, 15) is 13.2 Å². The highest BCUT2D eigenvalue weighted by molar-refractivity contribution is 5.14. The molecule has 0 radical (unpaired) electrons. The molecule has 0 aromatic heterocycles. The van der Waals surface area contributed by atoms with E-state index in [0.717, 1.165) is 5.56 Å². The number of nitrogens with two attached hydrogens (primary N) is 1. The molecule has 1 atom stereocenters. The summed E-state index contributed by atoms with van der Waals surface area (Å²) in [4.78, 5) is 0. The van der Waals surface area contributed by atoms with Gasteiger partial charge in [-0.3, -0.25) is 0 Å². The van der Waals surface area contributed by atoms with Gasteiger partial charge in [-0.1, -0.05) is 30.3 Å². The number of alkyl halides is 3. The van der Waals surface area contributed by atoms with Crippen molar-refractivity contribution in [2.24, 2.45) is 5.73 Å². The standard InChI is InChI=1S/C12H16F3NO/c13-12(14,15)11(6-8-16)17-9-7-10-4-2-1-3-5-10/h1-5,11H,6-9,16H2. The smallest absolute Gasteiger partial charge is 0.368 e. The first kappa shape index (κ1) is 14.0. The lowest BCUT2D eigenvalue weighted by Crippen LogP contribution is -2.34. The summed E-state index contributed by atoms with van der Waals surface area (Å²) in [5, 5.41) is 0. The molecule has 1 aromatic carbocycles. The maximum absolute atomic E-state index is 12.5. The first-order valence-electron chi connectivity index (χ1n) is 5.46. The molecule has 0 saturated carbocycles. The molecule has 0 aliphatic carbocycles. The summed E-state index contributed by atoms with van der Waals surface area (Å²) in [6.45, 7) is 0.0176. The van der Waals surface area contributed by atoms with Gasteiger partial charge in [-0.15, -0.1) is 0 Å². The Kier molecular flexibility index (Phi) is 5.44. The van der Waals surface area contributed by atoms with Crippen molar-refractivity contribution < 1.29 is 17.9 Å². The molecule has 0 spiro atoms. The molecular weight excluding hydrogens is 231 g/mol. The Morgan fingerprint density at radius 3 is 2.35 bits per heavy atom. The lowest BCUT2D eigenvalue weighted by atomic mass is 10.2. The molecule has 0 saturated heterocycles. The Balaban J connectivity index is 2.37. The second-order valence-corrected chi connectivity index (χ2v) is 3.71. The minimum atomic E-state index is -4.34. The maximum Gasteiger partial charge on any atom is 0.414 e. The van der Waals surface area contributed by atoms with Gasteiger partial charge in [0, 0.05) is 0 Å². The first-order chi connectivity index (χ1) is 8.04. The third kappa shape index (κ3) is 5.19. The zero-order valence-corrected chi connectivity index (χ0v) is 9.41. The molecule has 0 bridgehead atoms. The van der Waals surface area contributed by atoms with E-state index in [-0.39, 0.29) is 19.6 Å². The Bertz CT molecular complexity index is 313. The van der Waals surface area contributed by atoms with Gasteiger partial charge < -0.3 is 10.5 Å². The third-order valence-electron chi connectivity index (χ3n) is 2.35. The lowest BCUT2D eigenvalue weighted by molar-refractivity contribution is -0.221. The predicted octanol–water partition coefficient (Wildman–Crippen LogP) is 2.53. The van der Waals surface area contributed by atoms with Crippen LogP contribution < -0.4 is 5.73 Å². The van der Waals surface area contributed by atoms with E-state index in [0.29, 0.717) is 6.42 Å². The van der Waals surface area contributed by atoms with Crippen LogP contribution in [-0.4, -0.2) is 25.4 Å². The van der Waals surface area contributed by atoms with E-state index in [1.165, 1.54) is 0 Å². The van der Waals surface area contributed by atoms with Crippen molar-refractivity contribution in [2.45, 2.75) is 25.1 Å². The molecule has 2 nitrogen and oxygen atoms in total. The van der Waals surface area contributed by atoms with Crippen molar-refractivity contribution in [3.63, 3.8) is 0 Å². The topological polar surface area (TPSA) is 35.2 Å². The van der Waals surface area contributed by atoms with Gasteiger partial charge in [0.1, 0.15) is 0 Å². The number of halogens is 3. The fraction of sp³-hybridized carbons (Fsp3) is 0.500. The Hall–Kier alpha value is -1.07. The van der Waals surface area contributed by atoms with Crippen LogP contribution in [0.2, 0.25) is 0 Å². The molecule has 1 unspecified atom stereocenters. The zero-order chi connectivity index (χ0) is 12.7. The van der Waals surface area contributed by atoms with Crippen LogP contribution >= 0.6 is 0 Å². The Labute approximate surface area is 98.6 Å². The first-order valence-corrected chi connectivity index (χ1v) is 5.46. The van der Waals surface area contributed by atoms with Crippen molar-refractivity contribution in [2.75, 3.05) is 13.2 Å². The van der Waals surface area contributed by atoms with E-state index in [2.05, 4.69) is 0 Å². The number of hydrogen-bond acceptors (Lipinski definition) is 2. The van der Waals surface area contributed by atoms with Gasteiger partial charge in [0.2, 0.25) is 0 Å². The zero-order valence-electron chi connectivity index (χ0n) is 9.41. The van der Waals surface area contributed by atoms with E-state index < -0.39 is 12.3 Å². The van der Waals surface area contributed by atoms with Crippen molar-refractivity contribution in [3.05, 3.63) is 35.9 Å². The molecule has 0 fully saturated rings. The van der Waals surface area contributed by atoms with Crippen LogP contribution in [0.4, 0.5) is 13.2 Å².